The molecular weight excluding hydrogens is 392 g/mol. The molecule has 0 saturated carbocycles. The summed E-state index contributed by atoms with van der Waals surface area (Å²) in [5.74, 6) is 0.705. The normalized spacial score (nSPS) is 16.9. The molecule has 1 fully saturated rings. The van der Waals surface area contributed by atoms with Gasteiger partial charge in [-0.1, -0.05) is 24.3 Å². The molecule has 0 unspecified atom stereocenters. The molecular formula is C24H28N4O3. The van der Waals surface area contributed by atoms with E-state index in [1.54, 1.807) is 0 Å². The molecule has 2 aliphatic heterocycles. The van der Waals surface area contributed by atoms with Crippen molar-refractivity contribution in [3.05, 3.63) is 54.1 Å². The molecule has 0 radical (unpaired) electrons. The van der Waals surface area contributed by atoms with Crippen molar-refractivity contribution in [3.8, 4) is 5.75 Å². The zero-order valence-corrected chi connectivity index (χ0v) is 18.1. The number of carbonyl (C=O) groups is 2. The molecule has 0 aromatic heterocycles. The van der Waals surface area contributed by atoms with Crippen molar-refractivity contribution in [2.24, 2.45) is 5.10 Å². The number of hydrogen-bond donors (Lipinski definition) is 0. The molecule has 1 saturated heterocycles. The molecule has 2 amide bonds. The Bertz CT molecular complexity index is 996. The summed E-state index contributed by atoms with van der Waals surface area (Å²) in [6.07, 6.45) is 0.674. The van der Waals surface area contributed by atoms with E-state index in [2.05, 4.69) is 16.1 Å². The third-order valence-electron chi connectivity index (χ3n) is 5.60. The Balaban J connectivity index is 1.45. The van der Waals surface area contributed by atoms with Crippen LogP contribution in [-0.4, -0.2) is 55.2 Å². The number of amides is 2. The average Bonchev–Trinajstić information content (AvgIpc) is 2.80. The molecule has 7 heteroatoms. The van der Waals surface area contributed by atoms with Crippen LogP contribution in [0.5, 0.6) is 5.75 Å². The summed E-state index contributed by atoms with van der Waals surface area (Å²) in [6.45, 7) is 7.23. The topological polar surface area (TPSA) is 65.5 Å². The Kier molecular flexibility index (Phi) is 6.21. The van der Waals surface area contributed by atoms with Gasteiger partial charge in [0.15, 0.2) is 0 Å². The molecule has 0 aliphatic carbocycles. The predicted octanol–water partition coefficient (Wildman–Crippen LogP) is 3.23. The van der Waals surface area contributed by atoms with Crippen LogP contribution >= 0.6 is 0 Å². The number of piperazine rings is 1. The summed E-state index contributed by atoms with van der Waals surface area (Å²) in [6, 6.07) is 15.6. The van der Waals surface area contributed by atoms with Crippen LogP contribution in [0.1, 0.15) is 25.3 Å². The molecule has 2 aliphatic rings. The van der Waals surface area contributed by atoms with Gasteiger partial charge in [0.2, 0.25) is 5.91 Å². The predicted molar refractivity (Wildman–Crippen MR) is 122 cm³/mol. The Morgan fingerprint density at radius 1 is 1.03 bits per heavy atom. The van der Waals surface area contributed by atoms with E-state index in [0.717, 1.165) is 30.1 Å². The first-order chi connectivity index (χ1) is 15.1. The van der Waals surface area contributed by atoms with Crippen LogP contribution in [0.15, 0.2) is 53.6 Å². The lowest BCUT2D eigenvalue weighted by molar-refractivity contribution is -0.124. The van der Waals surface area contributed by atoms with Crippen LogP contribution in [0.25, 0.3) is 0 Å². The van der Waals surface area contributed by atoms with E-state index in [-0.39, 0.29) is 11.8 Å². The summed E-state index contributed by atoms with van der Waals surface area (Å²) >= 11 is 0. The van der Waals surface area contributed by atoms with Crippen molar-refractivity contribution in [1.29, 1.82) is 0 Å². The van der Waals surface area contributed by atoms with Crippen molar-refractivity contribution < 1.29 is 14.3 Å². The van der Waals surface area contributed by atoms with Crippen molar-refractivity contribution in [2.75, 3.05) is 42.7 Å². The standard InChI is InChI=1S/C24H28N4O3/c1-3-31-22-10-5-4-9-21(22)26-13-15-27(16-14-26)24(30)20-11-12-23(29)28(25-20)19-8-6-7-18(2)17-19/h4-10,17H,3,11-16H2,1-2H3. The monoisotopic (exact) mass is 420 g/mol. The van der Waals surface area contributed by atoms with E-state index in [4.69, 9.17) is 4.74 Å². The molecule has 0 spiro atoms. The van der Waals surface area contributed by atoms with Crippen molar-refractivity contribution in [3.63, 3.8) is 0 Å². The Morgan fingerprint density at radius 3 is 2.55 bits per heavy atom. The van der Waals surface area contributed by atoms with Gasteiger partial charge in [-0.3, -0.25) is 9.59 Å². The van der Waals surface area contributed by atoms with Crippen LogP contribution < -0.4 is 14.6 Å². The Morgan fingerprint density at radius 2 is 1.81 bits per heavy atom. The van der Waals surface area contributed by atoms with Crippen LogP contribution in [-0.2, 0) is 9.59 Å². The quantitative estimate of drug-likeness (QED) is 0.745. The first kappa shape index (κ1) is 20.9. The van der Waals surface area contributed by atoms with Crippen LogP contribution in [0, 0.1) is 6.92 Å². The SMILES string of the molecule is CCOc1ccccc1N1CCN(C(=O)C2=NN(c3cccc(C)c3)C(=O)CC2)CC1. The Labute approximate surface area is 182 Å². The summed E-state index contributed by atoms with van der Waals surface area (Å²) in [5.41, 5.74) is 3.25. The number of benzene rings is 2. The number of hydrogen-bond acceptors (Lipinski definition) is 5. The zero-order chi connectivity index (χ0) is 21.8. The van der Waals surface area contributed by atoms with Crippen LogP contribution in [0.2, 0.25) is 0 Å². The second-order valence-corrected chi connectivity index (χ2v) is 7.77. The van der Waals surface area contributed by atoms with Gasteiger partial charge in [0.25, 0.3) is 5.91 Å². The smallest absolute Gasteiger partial charge is 0.270 e. The average molecular weight is 421 g/mol. The fraction of sp³-hybridized carbons (Fsp3) is 0.375. The minimum absolute atomic E-state index is 0.0807. The van der Waals surface area contributed by atoms with Gasteiger partial charge in [0.1, 0.15) is 11.5 Å². The van der Waals surface area contributed by atoms with E-state index in [9.17, 15) is 9.59 Å². The highest BCUT2D eigenvalue weighted by atomic mass is 16.5. The molecule has 0 bridgehead atoms. The van der Waals surface area contributed by atoms with Gasteiger partial charge < -0.3 is 14.5 Å². The fourth-order valence-corrected chi connectivity index (χ4v) is 4.00. The lowest BCUT2D eigenvalue weighted by Gasteiger charge is -2.37. The lowest BCUT2D eigenvalue weighted by atomic mass is 10.1. The van der Waals surface area contributed by atoms with Gasteiger partial charge in [-0.2, -0.15) is 5.10 Å². The van der Waals surface area contributed by atoms with Gasteiger partial charge in [0, 0.05) is 39.0 Å². The summed E-state index contributed by atoms with van der Waals surface area (Å²) in [5, 5.41) is 5.81. The molecule has 7 nitrogen and oxygen atoms in total. The highest BCUT2D eigenvalue weighted by Gasteiger charge is 2.30. The summed E-state index contributed by atoms with van der Waals surface area (Å²) < 4.78 is 5.75. The number of para-hydroxylation sites is 2. The van der Waals surface area contributed by atoms with E-state index in [1.807, 2.05) is 61.2 Å². The minimum Gasteiger partial charge on any atom is -0.492 e. The molecule has 0 atom stereocenters. The molecule has 2 aromatic rings. The van der Waals surface area contributed by atoms with E-state index < -0.39 is 0 Å². The largest absolute Gasteiger partial charge is 0.492 e. The van der Waals surface area contributed by atoms with E-state index >= 15 is 0 Å². The molecule has 162 valence electrons. The fourth-order valence-electron chi connectivity index (χ4n) is 4.00. The number of hydrazone groups is 1. The van der Waals surface area contributed by atoms with Gasteiger partial charge in [0.05, 0.1) is 18.0 Å². The number of rotatable bonds is 5. The van der Waals surface area contributed by atoms with Gasteiger partial charge in [-0.25, -0.2) is 5.01 Å². The Hall–Kier alpha value is -3.35. The maximum absolute atomic E-state index is 13.1. The molecule has 31 heavy (non-hydrogen) atoms. The van der Waals surface area contributed by atoms with Gasteiger partial charge in [-0.05, 0) is 43.7 Å². The third kappa shape index (κ3) is 4.55. The first-order valence-corrected chi connectivity index (χ1v) is 10.8. The highest BCUT2D eigenvalue weighted by Crippen LogP contribution is 2.29. The number of ether oxygens (including phenoxy) is 1. The highest BCUT2D eigenvalue weighted by molar-refractivity contribution is 6.40. The minimum atomic E-state index is -0.0838. The summed E-state index contributed by atoms with van der Waals surface area (Å²) in [7, 11) is 0. The second-order valence-electron chi connectivity index (χ2n) is 7.77. The zero-order valence-electron chi connectivity index (χ0n) is 18.1. The van der Waals surface area contributed by atoms with Crippen molar-refractivity contribution >= 4 is 28.9 Å². The van der Waals surface area contributed by atoms with Gasteiger partial charge in [-0.15, -0.1) is 0 Å². The van der Waals surface area contributed by atoms with Crippen LogP contribution in [0.3, 0.4) is 0 Å². The molecule has 2 aromatic carbocycles. The lowest BCUT2D eigenvalue weighted by Crippen LogP contribution is -2.51. The third-order valence-corrected chi connectivity index (χ3v) is 5.60. The first-order valence-electron chi connectivity index (χ1n) is 10.8. The van der Waals surface area contributed by atoms with E-state index in [1.165, 1.54) is 5.01 Å². The van der Waals surface area contributed by atoms with Gasteiger partial charge >= 0.3 is 0 Å². The number of nitrogens with zero attached hydrogens (tertiary/aromatic N) is 4. The van der Waals surface area contributed by atoms with E-state index in [0.29, 0.717) is 43.9 Å². The maximum atomic E-state index is 13.1. The van der Waals surface area contributed by atoms with Crippen molar-refractivity contribution in [1.82, 2.24) is 4.90 Å². The summed E-state index contributed by atoms with van der Waals surface area (Å²) in [4.78, 5) is 29.6. The molecule has 4 rings (SSSR count). The molecule has 0 N–H and O–H groups in total. The molecule has 2 heterocycles. The maximum Gasteiger partial charge on any atom is 0.270 e. The van der Waals surface area contributed by atoms with Crippen molar-refractivity contribution in [2.45, 2.75) is 26.7 Å². The number of carbonyl (C=O) groups excluding carboxylic acids is 2. The van der Waals surface area contributed by atoms with Crippen LogP contribution in [0.4, 0.5) is 11.4 Å². The second kappa shape index (κ2) is 9.20. The number of aryl methyl sites for hydroxylation is 1. The number of anilines is 2.